The van der Waals surface area contributed by atoms with Crippen molar-refractivity contribution < 1.29 is 28.5 Å². The largest absolute Gasteiger partial charge is 0.416 e. The number of quaternary nitrogens is 1. The molecule has 0 unspecified atom stereocenters. The fourth-order valence-electron chi connectivity index (χ4n) is 1.31. The van der Waals surface area contributed by atoms with E-state index in [4.69, 9.17) is 5.73 Å². The summed E-state index contributed by atoms with van der Waals surface area (Å²) in [5.41, 5.74) is 7.17. The van der Waals surface area contributed by atoms with Gasteiger partial charge in [0.2, 0.25) is 5.91 Å². The third-order valence-electron chi connectivity index (χ3n) is 2.11. The summed E-state index contributed by atoms with van der Waals surface area (Å²) in [6.45, 7) is 0. The van der Waals surface area contributed by atoms with Crippen LogP contribution in [0, 0.1) is 0 Å². The second-order valence-electron chi connectivity index (χ2n) is 3.46. The van der Waals surface area contributed by atoms with Gasteiger partial charge in [-0.25, -0.2) is 4.79 Å². The third-order valence-corrected chi connectivity index (χ3v) is 2.11. The summed E-state index contributed by atoms with van der Waals surface area (Å²) in [5.74, 6) is -1.57. The number of amides is 2. The molecule has 1 aromatic carbocycles. The predicted molar refractivity (Wildman–Crippen MR) is 56.5 cm³/mol. The van der Waals surface area contributed by atoms with Crippen LogP contribution in [-0.2, 0) is 15.8 Å². The van der Waals surface area contributed by atoms with E-state index in [2.05, 4.69) is 5.73 Å². The predicted octanol–water partition coefficient (Wildman–Crippen LogP) is 0.343. The number of hydrogen-bond acceptors (Lipinski definition) is 2. The molecule has 1 rings (SSSR count). The first-order valence-electron chi connectivity index (χ1n) is 4.77. The summed E-state index contributed by atoms with van der Waals surface area (Å²) in [6, 6.07) is 3.79. The molecule has 0 spiro atoms. The Morgan fingerprint density at radius 3 is 2.00 bits per heavy atom. The van der Waals surface area contributed by atoms with Crippen molar-refractivity contribution in [2.75, 3.05) is 0 Å². The molecule has 1 aromatic rings. The normalized spacial score (nSPS) is 12.3. The first-order valence-corrected chi connectivity index (χ1v) is 4.77. The molecule has 0 aliphatic carbocycles. The Morgan fingerprint density at radius 1 is 1.17 bits per heavy atom. The Labute approximate surface area is 100 Å². The zero-order valence-corrected chi connectivity index (χ0v) is 9.12. The highest BCUT2D eigenvalue weighted by molar-refractivity contribution is 6.19. The molecule has 0 saturated carbocycles. The molecule has 0 saturated heterocycles. The summed E-state index contributed by atoms with van der Waals surface area (Å²) in [6.07, 6.45) is -3.63. The fourth-order valence-corrected chi connectivity index (χ4v) is 1.31. The van der Waals surface area contributed by atoms with Crippen LogP contribution in [0.25, 0.3) is 5.57 Å². The summed E-state index contributed by atoms with van der Waals surface area (Å²) < 4.78 is 37.0. The maximum atomic E-state index is 12.3. The minimum absolute atomic E-state index is 0.128. The van der Waals surface area contributed by atoms with Crippen molar-refractivity contribution in [1.29, 1.82) is 0 Å². The Bertz CT molecular complexity index is 504. The monoisotopic (exact) mass is 259 g/mol. The van der Waals surface area contributed by atoms with E-state index in [0.29, 0.717) is 0 Å². The average molecular weight is 259 g/mol. The molecule has 7 heteroatoms. The van der Waals surface area contributed by atoms with Gasteiger partial charge in [0.25, 0.3) is 0 Å². The first kappa shape index (κ1) is 13.9. The highest BCUT2D eigenvalue weighted by Gasteiger charge is 2.30. The van der Waals surface area contributed by atoms with Gasteiger partial charge in [0.05, 0.1) is 11.1 Å². The van der Waals surface area contributed by atoms with Gasteiger partial charge in [0, 0.05) is 6.08 Å². The molecule has 0 heterocycles. The van der Waals surface area contributed by atoms with Gasteiger partial charge in [-0.2, -0.15) is 13.2 Å². The second kappa shape index (κ2) is 5.01. The van der Waals surface area contributed by atoms with Gasteiger partial charge in [-0.15, -0.1) is 0 Å². The lowest BCUT2D eigenvalue weighted by molar-refractivity contribution is -0.295. The number of carbonyl (C=O) groups is 2. The van der Waals surface area contributed by atoms with Crippen molar-refractivity contribution >= 4 is 17.4 Å². The summed E-state index contributed by atoms with van der Waals surface area (Å²) >= 11 is 0. The highest BCUT2D eigenvalue weighted by Crippen LogP contribution is 2.29. The second-order valence-corrected chi connectivity index (χ2v) is 3.46. The molecule has 0 aliphatic rings. The van der Waals surface area contributed by atoms with E-state index in [1.807, 2.05) is 0 Å². The maximum absolute atomic E-state index is 12.3. The molecule has 4 nitrogen and oxygen atoms in total. The minimum Gasteiger partial charge on any atom is -0.366 e. The van der Waals surface area contributed by atoms with Gasteiger partial charge >= 0.3 is 12.1 Å². The van der Waals surface area contributed by atoms with Gasteiger partial charge in [0.1, 0.15) is 0 Å². The zero-order valence-electron chi connectivity index (χ0n) is 9.12. The van der Waals surface area contributed by atoms with E-state index < -0.39 is 23.6 Å². The Balaban J connectivity index is 3.18. The zero-order chi connectivity index (χ0) is 13.9. The van der Waals surface area contributed by atoms with Gasteiger partial charge in [0.15, 0.2) is 0 Å². The van der Waals surface area contributed by atoms with E-state index >= 15 is 0 Å². The maximum Gasteiger partial charge on any atom is 0.416 e. The van der Waals surface area contributed by atoms with Crippen LogP contribution in [0.4, 0.5) is 13.2 Å². The van der Waals surface area contributed by atoms with Crippen molar-refractivity contribution in [2.45, 2.75) is 6.18 Å². The van der Waals surface area contributed by atoms with Crippen molar-refractivity contribution in [3.8, 4) is 0 Å². The standard InChI is InChI=1S/C11H9F3N2O2/c12-11(13,14)7-3-1-6(2-4-7)8(10(16)18)5-9(15)17/h1-5H,(H2,15,17)(H2,16,18)/p+1. The van der Waals surface area contributed by atoms with Crippen LogP contribution in [0.3, 0.4) is 0 Å². The Morgan fingerprint density at radius 2 is 1.67 bits per heavy atom. The number of primary amides is 1. The molecule has 5 N–H and O–H groups in total. The van der Waals surface area contributed by atoms with Crippen molar-refractivity contribution in [2.24, 2.45) is 5.73 Å². The van der Waals surface area contributed by atoms with Crippen molar-refractivity contribution in [3.05, 3.63) is 41.5 Å². The number of carbonyl (C=O) groups excluding carboxylic acids is 2. The highest BCUT2D eigenvalue weighted by atomic mass is 19.4. The molecule has 0 atom stereocenters. The molecule has 18 heavy (non-hydrogen) atoms. The molecular weight excluding hydrogens is 249 g/mol. The topological polar surface area (TPSA) is 87.8 Å². The lowest BCUT2D eigenvalue weighted by Crippen LogP contribution is -2.57. The smallest absolute Gasteiger partial charge is 0.366 e. The van der Waals surface area contributed by atoms with E-state index in [-0.39, 0.29) is 11.1 Å². The molecule has 2 amide bonds. The van der Waals surface area contributed by atoms with Gasteiger partial charge in [-0.05, 0) is 17.7 Å². The number of hydrogen-bond donors (Lipinski definition) is 2. The molecule has 0 fully saturated rings. The van der Waals surface area contributed by atoms with E-state index in [1.165, 1.54) is 0 Å². The molecule has 0 bridgehead atoms. The van der Waals surface area contributed by atoms with Gasteiger partial charge in [-0.1, -0.05) is 12.1 Å². The quantitative estimate of drug-likeness (QED) is 0.767. The van der Waals surface area contributed by atoms with Gasteiger partial charge in [-0.3, -0.25) is 10.5 Å². The minimum atomic E-state index is -4.46. The van der Waals surface area contributed by atoms with Crippen molar-refractivity contribution in [1.82, 2.24) is 0 Å². The first-order chi connectivity index (χ1) is 8.21. The van der Waals surface area contributed by atoms with E-state index in [0.717, 1.165) is 30.3 Å². The van der Waals surface area contributed by atoms with Crippen LogP contribution >= 0.6 is 0 Å². The van der Waals surface area contributed by atoms with Crippen LogP contribution in [-0.4, -0.2) is 11.8 Å². The number of alkyl halides is 3. The van der Waals surface area contributed by atoms with Crippen LogP contribution in [0.5, 0.6) is 0 Å². The van der Waals surface area contributed by atoms with Crippen LogP contribution in [0.15, 0.2) is 30.3 Å². The van der Waals surface area contributed by atoms with Crippen LogP contribution in [0.1, 0.15) is 11.1 Å². The Kier molecular flexibility index (Phi) is 3.87. The summed E-state index contributed by atoms with van der Waals surface area (Å²) in [5, 5.41) is 0. The average Bonchev–Trinajstić information content (AvgIpc) is 2.24. The number of nitrogens with two attached hydrogens (primary N) is 1. The molecular formula is C11H10F3N2O2+. The fraction of sp³-hybridized carbons (Fsp3) is 0.0909. The molecule has 96 valence electrons. The summed E-state index contributed by atoms with van der Waals surface area (Å²) in [4.78, 5) is 21.9. The van der Waals surface area contributed by atoms with E-state index in [9.17, 15) is 22.8 Å². The summed E-state index contributed by atoms with van der Waals surface area (Å²) in [7, 11) is 0. The molecule has 0 aliphatic heterocycles. The van der Waals surface area contributed by atoms with Crippen LogP contribution < -0.4 is 11.5 Å². The molecule has 0 aromatic heterocycles. The third kappa shape index (κ3) is 3.42. The SMILES string of the molecule is NC(=O)C=C(C([NH3+])=O)c1ccc(C(F)(F)F)cc1. The van der Waals surface area contributed by atoms with Gasteiger partial charge < -0.3 is 5.73 Å². The van der Waals surface area contributed by atoms with Crippen molar-refractivity contribution in [3.63, 3.8) is 0 Å². The number of benzene rings is 1. The number of rotatable bonds is 3. The lowest BCUT2D eigenvalue weighted by atomic mass is 10.0. The number of halogens is 3. The molecule has 0 radical (unpaired) electrons. The van der Waals surface area contributed by atoms with E-state index in [1.54, 1.807) is 0 Å². The van der Waals surface area contributed by atoms with Crippen LogP contribution in [0.2, 0.25) is 0 Å². The Hall–Kier alpha value is -2.15. The lowest BCUT2D eigenvalue weighted by Gasteiger charge is -2.07.